The maximum atomic E-state index is 2.48. The van der Waals surface area contributed by atoms with E-state index in [1.54, 1.807) is 5.56 Å². The van der Waals surface area contributed by atoms with Gasteiger partial charge in [0.15, 0.2) is 0 Å². The van der Waals surface area contributed by atoms with Gasteiger partial charge in [0.1, 0.15) is 0 Å². The predicted molar refractivity (Wildman–Crippen MR) is 225 cm³/mol. The van der Waals surface area contributed by atoms with Gasteiger partial charge in [-0.05, 0) is 113 Å². The fourth-order valence-corrected chi connectivity index (χ4v) is 10.9. The zero-order chi connectivity index (χ0) is 34.3. The largest absolute Gasteiger partial charge is 0.135 e. The van der Waals surface area contributed by atoms with Gasteiger partial charge in [0.05, 0.1) is 0 Å². The Bertz CT molecular complexity index is 2700. The topological polar surface area (TPSA) is 0 Å². The van der Waals surface area contributed by atoms with Gasteiger partial charge in [-0.25, -0.2) is 0 Å². The third-order valence-corrected chi connectivity index (χ3v) is 12.8. The zero-order valence-electron chi connectivity index (χ0n) is 29.7. The van der Waals surface area contributed by atoms with E-state index in [-0.39, 0.29) is 5.41 Å². The Morgan fingerprint density at radius 2 is 1.00 bits per heavy atom. The van der Waals surface area contributed by atoms with E-state index in [2.05, 4.69) is 154 Å². The van der Waals surface area contributed by atoms with E-state index in [0.29, 0.717) is 5.92 Å². The van der Waals surface area contributed by atoms with Crippen molar-refractivity contribution in [2.45, 2.75) is 64.2 Å². The molecule has 51 heavy (non-hydrogen) atoms. The Morgan fingerprint density at radius 3 is 1.57 bits per heavy atom. The van der Waals surface area contributed by atoms with E-state index < -0.39 is 0 Å². The van der Waals surface area contributed by atoms with Gasteiger partial charge in [-0.3, -0.25) is 0 Å². The van der Waals surface area contributed by atoms with Gasteiger partial charge < -0.3 is 0 Å². The second-order valence-corrected chi connectivity index (χ2v) is 16.9. The number of fused-ring (bicyclic) bond motifs is 7. The lowest BCUT2D eigenvalue weighted by atomic mass is 9.77. The molecule has 10 rings (SSSR count). The average molecular weight is 675 g/mol. The summed E-state index contributed by atoms with van der Waals surface area (Å²) in [6.45, 7) is 7.05. The molecule has 1 saturated carbocycles. The molecule has 0 bridgehead atoms. The lowest BCUT2D eigenvalue weighted by molar-refractivity contribution is 0.447. The Balaban J connectivity index is 1.24. The summed E-state index contributed by atoms with van der Waals surface area (Å²) in [7, 11) is 0. The minimum atomic E-state index is 0.0121. The molecule has 0 aliphatic heterocycles. The number of hydrogen-bond donors (Lipinski definition) is 0. The van der Waals surface area contributed by atoms with E-state index in [4.69, 9.17) is 0 Å². The standard InChI is InChI=1S/C50H42S/c1-50(2,3)49-39-24-13-11-22-37(39)47(38-23-12-14-25-40(38)49)42-26-15-27-43-48(42)41-29-28-32(30-44(41)51-43)46-35-20-9-7-18-33(35)45(31-16-5-4-6-17-31)34-19-8-10-21-36(34)46/h7-15,18-31H,4-6,16-17H2,1-3H3. The molecule has 0 radical (unpaired) electrons. The molecule has 1 heteroatoms. The summed E-state index contributed by atoms with van der Waals surface area (Å²) in [4.78, 5) is 0. The van der Waals surface area contributed by atoms with Gasteiger partial charge in [0, 0.05) is 20.2 Å². The summed E-state index contributed by atoms with van der Waals surface area (Å²) in [5.74, 6) is 0.635. The van der Waals surface area contributed by atoms with E-state index in [9.17, 15) is 0 Å². The van der Waals surface area contributed by atoms with Crippen LogP contribution in [0.25, 0.3) is 85.5 Å². The van der Waals surface area contributed by atoms with Crippen molar-refractivity contribution in [3.8, 4) is 22.3 Å². The van der Waals surface area contributed by atoms with Crippen LogP contribution in [-0.4, -0.2) is 0 Å². The summed E-state index contributed by atoms with van der Waals surface area (Å²) >= 11 is 1.93. The Morgan fingerprint density at radius 1 is 0.471 bits per heavy atom. The zero-order valence-corrected chi connectivity index (χ0v) is 30.5. The molecule has 0 N–H and O–H groups in total. The fourth-order valence-electron chi connectivity index (χ4n) is 9.72. The highest BCUT2D eigenvalue weighted by atomic mass is 32.1. The van der Waals surface area contributed by atoms with Crippen molar-refractivity contribution in [1.82, 2.24) is 0 Å². The van der Waals surface area contributed by atoms with Crippen molar-refractivity contribution in [3.63, 3.8) is 0 Å². The van der Waals surface area contributed by atoms with Gasteiger partial charge in [-0.1, -0.05) is 161 Å². The molecule has 1 heterocycles. The van der Waals surface area contributed by atoms with Crippen molar-refractivity contribution in [2.24, 2.45) is 0 Å². The Hall–Kier alpha value is -4.98. The van der Waals surface area contributed by atoms with E-state index in [0.717, 1.165) is 0 Å². The van der Waals surface area contributed by atoms with Crippen LogP contribution >= 0.6 is 11.3 Å². The minimum absolute atomic E-state index is 0.0121. The smallest absolute Gasteiger partial charge is 0.0361 e. The molecule has 8 aromatic carbocycles. The summed E-state index contributed by atoms with van der Waals surface area (Å²) in [5.41, 5.74) is 8.37. The van der Waals surface area contributed by atoms with Gasteiger partial charge in [0.25, 0.3) is 0 Å². The highest BCUT2D eigenvalue weighted by molar-refractivity contribution is 7.26. The summed E-state index contributed by atoms with van der Waals surface area (Å²) in [6, 6.07) is 50.9. The molecule has 0 atom stereocenters. The van der Waals surface area contributed by atoms with Crippen LogP contribution in [0.15, 0.2) is 133 Å². The van der Waals surface area contributed by atoms with Crippen LogP contribution in [0.5, 0.6) is 0 Å². The first-order chi connectivity index (χ1) is 25.0. The van der Waals surface area contributed by atoms with Crippen LogP contribution in [0.2, 0.25) is 0 Å². The van der Waals surface area contributed by atoms with Crippen molar-refractivity contribution >= 4 is 74.6 Å². The minimum Gasteiger partial charge on any atom is -0.135 e. The highest BCUT2D eigenvalue weighted by Gasteiger charge is 2.26. The maximum Gasteiger partial charge on any atom is 0.0361 e. The monoisotopic (exact) mass is 674 g/mol. The molecule has 0 nitrogen and oxygen atoms in total. The Kier molecular flexibility index (Phi) is 7.12. The second kappa shape index (κ2) is 11.8. The van der Waals surface area contributed by atoms with Crippen LogP contribution < -0.4 is 0 Å². The molecule has 0 amide bonds. The normalized spacial score (nSPS) is 14.5. The number of hydrogen-bond acceptors (Lipinski definition) is 1. The fraction of sp³-hybridized carbons (Fsp3) is 0.200. The quantitative estimate of drug-likeness (QED) is 0.164. The van der Waals surface area contributed by atoms with E-state index in [1.165, 1.54) is 123 Å². The molecule has 9 aromatic rings. The first-order valence-corrected chi connectivity index (χ1v) is 19.6. The van der Waals surface area contributed by atoms with Gasteiger partial charge in [-0.2, -0.15) is 0 Å². The summed E-state index contributed by atoms with van der Waals surface area (Å²) in [5, 5.41) is 13.7. The van der Waals surface area contributed by atoms with Crippen molar-refractivity contribution < 1.29 is 0 Å². The molecule has 0 unspecified atom stereocenters. The number of thiophene rings is 1. The molecular formula is C50H42S. The second-order valence-electron chi connectivity index (χ2n) is 15.8. The summed E-state index contributed by atoms with van der Waals surface area (Å²) in [6.07, 6.45) is 6.65. The van der Waals surface area contributed by atoms with Gasteiger partial charge >= 0.3 is 0 Å². The van der Waals surface area contributed by atoms with E-state index >= 15 is 0 Å². The van der Waals surface area contributed by atoms with E-state index in [1.807, 2.05) is 11.3 Å². The van der Waals surface area contributed by atoms with Gasteiger partial charge in [-0.15, -0.1) is 11.3 Å². The van der Waals surface area contributed by atoms with Crippen LogP contribution in [0.3, 0.4) is 0 Å². The third-order valence-electron chi connectivity index (χ3n) is 11.7. The SMILES string of the molecule is CC(C)(C)c1c2ccccc2c(-c2cccc3sc4cc(-c5c6ccccc6c(C6CCCCC6)c6ccccc56)ccc4c23)c2ccccc12. The average Bonchev–Trinajstić information content (AvgIpc) is 3.54. The molecule has 1 aromatic heterocycles. The molecule has 248 valence electrons. The van der Waals surface area contributed by atoms with Gasteiger partial charge in [0.2, 0.25) is 0 Å². The van der Waals surface area contributed by atoms with Crippen molar-refractivity contribution in [1.29, 1.82) is 0 Å². The molecule has 1 aliphatic rings. The predicted octanol–water partition coefficient (Wildman–Crippen LogP) is 15.3. The van der Waals surface area contributed by atoms with Crippen LogP contribution in [0.4, 0.5) is 0 Å². The first-order valence-electron chi connectivity index (χ1n) is 18.8. The van der Waals surface area contributed by atoms with Crippen LogP contribution in [-0.2, 0) is 5.41 Å². The van der Waals surface area contributed by atoms with Crippen LogP contribution in [0, 0.1) is 0 Å². The maximum absolute atomic E-state index is 2.48. The van der Waals surface area contributed by atoms with Crippen molar-refractivity contribution in [3.05, 3.63) is 145 Å². The van der Waals surface area contributed by atoms with Crippen molar-refractivity contribution in [2.75, 3.05) is 0 Å². The first kappa shape index (κ1) is 30.8. The molecule has 1 fully saturated rings. The molecule has 0 spiro atoms. The highest BCUT2D eigenvalue weighted by Crippen LogP contribution is 2.50. The number of benzene rings is 8. The number of rotatable bonds is 3. The Labute approximate surface area is 304 Å². The summed E-state index contributed by atoms with van der Waals surface area (Å²) < 4.78 is 2.69. The lowest BCUT2D eigenvalue weighted by Gasteiger charge is -2.26. The lowest BCUT2D eigenvalue weighted by Crippen LogP contribution is -2.13. The molecular weight excluding hydrogens is 633 g/mol. The third kappa shape index (κ3) is 4.78. The molecule has 0 saturated heterocycles. The van der Waals surface area contributed by atoms with Crippen LogP contribution in [0.1, 0.15) is 69.9 Å². The molecule has 1 aliphatic carbocycles.